The Morgan fingerprint density at radius 3 is 1.32 bits per heavy atom. The van der Waals surface area contributed by atoms with E-state index in [4.69, 9.17) is 14.2 Å². The SMILES string of the molecule is CCOc1ccc(C(C)(CC)COCC(C)(CC)c2ccc(OCC)c(C)c2)cc1C. The number of rotatable bonds is 12. The van der Waals surface area contributed by atoms with Gasteiger partial charge in [-0.05, 0) is 74.9 Å². The molecule has 0 aliphatic heterocycles. The third kappa shape index (κ3) is 6.04. The first-order valence-corrected chi connectivity index (χ1v) is 11.8. The minimum absolute atomic E-state index is 0.0289. The first kappa shape index (κ1) is 25.3. The summed E-state index contributed by atoms with van der Waals surface area (Å²) in [6.45, 7) is 20.1. The van der Waals surface area contributed by atoms with Crippen molar-refractivity contribution in [2.24, 2.45) is 0 Å². The van der Waals surface area contributed by atoms with Crippen LogP contribution in [0.25, 0.3) is 0 Å². The van der Waals surface area contributed by atoms with Crippen molar-refractivity contribution in [1.29, 1.82) is 0 Å². The van der Waals surface area contributed by atoms with Gasteiger partial charge in [-0.25, -0.2) is 0 Å². The van der Waals surface area contributed by atoms with Crippen molar-refractivity contribution in [2.45, 2.75) is 79.1 Å². The van der Waals surface area contributed by atoms with Crippen molar-refractivity contribution in [3.05, 3.63) is 58.7 Å². The molecule has 0 spiro atoms. The molecule has 172 valence electrons. The van der Waals surface area contributed by atoms with Gasteiger partial charge in [-0.2, -0.15) is 0 Å². The smallest absolute Gasteiger partial charge is 0.122 e. The first-order chi connectivity index (χ1) is 14.7. The molecule has 2 aromatic carbocycles. The molecule has 0 saturated carbocycles. The predicted octanol–water partition coefficient (Wildman–Crippen LogP) is 7.15. The van der Waals surface area contributed by atoms with Crippen LogP contribution in [0, 0.1) is 13.8 Å². The molecule has 0 aromatic heterocycles. The Bertz CT molecular complexity index is 775. The first-order valence-electron chi connectivity index (χ1n) is 11.8. The van der Waals surface area contributed by atoms with Crippen LogP contribution in [0.4, 0.5) is 0 Å². The number of aryl methyl sites for hydroxylation is 2. The maximum Gasteiger partial charge on any atom is 0.122 e. The van der Waals surface area contributed by atoms with Crippen molar-refractivity contribution >= 4 is 0 Å². The summed E-state index contributed by atoms with van der Waals surface area (Å²) in [4.78, 5) is 0. The van der Waals surface area contributed by atoms with Crippen LogP contribution in [0.2, 0.25) is 0 Å². The van der Waals surface area contributed by atoms with Crippen LogP contribution < -0.4 is 9.47 Å². The van der Waals surface area contributed by atoms with Crippen molar-refractivity contribution in [1.82, 2.24) is 0 Å². The largest absolute Gasteiger partial charge is 0.494 e. The fourth-order valence-electron chi connectivity index (χ4n) is 3.97. The maximum atomic E-state index is 6.43. The van der Waals surface area contributed by atoms with Gasteiger partial charge < -0.3 is 14.2 Å². The van der Waals surface area contributed by atoms with Gasteiger partial charge in [0.2, 0.25) is 0 Å². The van der Waals surface area contributed by atoms with Gasteiger partial charge in [0.25, 0.3) is 0 Å². The zero-order valence-electron chi connectivity index (χ0n) is 20.9. The van der Waals surface area contributed by atoms with Gasteiger partial charge in [-0.3, -0.25) is 0 Å². The van der Waals surface area contributed by atoms with E-state index in [2.05, 4.69) is 77.9 Å². The Morgan fingerprint density at radius 2 is 1.03 bits per heavy atom. The quantitative estimate of drug-likeness (QED) is 0.360. The third-order valence-electron chi connectivity index (χ3n) is 6.75. The van der Waals surface area contributed by atoms with Crippen LogP contribution in [0.3, 0.4) is 0 Å². The summed E-state index contributed by atoms with van der Waals surface area (Å²) in [6.07, 6.45) is 2.04. The van der Waals surface area contributed by atoms with E-state index in [0.717, 1.165) is 24.3 Å². The summed E-state index contributed by atoms with van der Waals surface area (Å²) in [6, 6.07) is 13.1. The van der Waals surface area contributed by atoms with E-state index in [1.807, 2.05) is 13.8 Å². The molecule has 3 nitrogen and oxygen atoms in total. The predicted molar refractivity (Wildman–Crippen MR) is 131 cm³/mol. The van der Waals surface area contributed by atoms with E-state index < -0.39 is 0 Å². The molecule has 0 radical (unpaired) electrons. The standard InChI is InChI=1S/C28H42O3/c1-9-27(7,23-13-15-25(30-11-3)21(5)17-23)19-29-20-28(8,10-2)24-14-16-26(31-12-4)22(6)18-24/h13-18H,9-12,19-20H2,1-8H3. The van der Waals surface area contributed by atoms with E-state index in [1.165, 1.54) is 22.3 Å². The van der Waals surface area contributed by atoms with Crippen LogP contribution >= 0.6 is 0 Å². The normalized spacial score (nSPS) is 15.2. The average molecular weight is 427 g/mol. The van der Waals surface area contributed by atoms with E-state index in [1.54, 1.807) is 0 Å². The van der Waals surface area contributed by atoms with E-state index in [9.17, 15) is 0 Å². The topological polar surface area (TPSA) is 27.7 Å². The highest BCUT2D eigenvalue weighted by atomic mass is 16.5. The number of hydrogen-bond acceptors (Lipinski definition) is 3. The third-order valence-corrected chi connectivity index (χ3v) is 6.75. The van der Waals surface area contributed by atoms with Gasteiger partial charge in [0.15, 0.2) is 0 Å². The fourth-order valence-corrected chi connectivity index (χ4v) is 3.97. The monoisotopic (exact) mass is 426 g/mol. The Balaban J connectivity index is 2.14. The second kappa shape index (κ2) is 11.0. The zero-order valence-corrected chi connectivity index (χ0v) is 20.9. The van der Waals surface area contributed by atoms with Crippen molar-refractivity contribution in [3.8, 4) is 11.5 Å². The highest BCUT2D eigenvalue weighted by molar-refractivity contribution is 5.40. The maximum absolute atomic E-state index is 6.43. The van der Waals surface area contributed by atoms with Gasteiger partial charge in [-0.15, -0.1) is 0 Å². The van der Waals surface area contributed by atoms with Crippen LogP contribution in [0.5, 0.6) is 11.5 Å². The van der Waals surface area contributed by atoms with Crippen molar-refractivity contribution in [2.75, 3.05) is 26.4 Å². The van der Waals surface area contributed by atoms with E-state index in [0.29, 0.717) is 26.4 Å². The Labute approximate surface area is 190 Å². The molecule has 0 amide bonds. The molecule has 0 N–H and O–H groups in total. The minimum Gasteiger partial charge on any atom is -0.494 e. The summed E-state index contributed by atoms with van der Waals surface area (Å²) in [5, 5.41) is 0. The van der Waals surface area contributed by atoms with Gasteiger partial charge in [0.1, 0.15) is 11.5 Å². The molecular formula is C28H42O3. The van der Waals surface area contributed by atoms with Crippen LogP contribution in [-0.4, -0.2) is 26.4 Å². The highest BCUT2D eigenvalue weighted by Crippen LogP contribution is 2.34. The fraction of sp³-hybridized carbons (Fsp3) is 0.571. The lowest BCUT2D eigenvalue weighted by Gasteiger charge is -2.34. The second-order valence-corrected chi connectivity index (χ2v) is 9.15. The van der Waals surface area contributed by atoms with Crippen molar-refractivity contribution in [3.63, 3.8) is 0 Å². The molecule has 0 heterocycles. The molecule has 0 aliphatic carbocycles. The molecule has 2 unspecified atom stereocenters. The van der Waals surface area contributed by atoms with Crippen LogP contribution in [0.15, 0.2) is 36.4 Å². The molecule has 0 aliphatic rings. The summed E-state index contributed by atoms with van der Waals surface area (Å²) in [7, 11) is 0. The minimum atomic E-state index is -0.0289. The Hall–Kier alpha value is -2.00. The zero-order chi connectivity index (χ0) is 23.1. The Kier molecular flexibility index (Phi) is 9.00. The van der Waals surface area contributed by atoms with E-state index in [-0.39, 0.29) is 10.8 Å². The average Bonchev–Trinajstić information content (AvgIpc) is 2.76. The summed E-state index contributed by atoms with van der Waals surface area (Å²) in [5.41, 5.74) is 4.93. The molecule has 2 aromatic rings. The lowest BCUT2D eigenvalue weighted by molar-refractivity contribution is 0.0510. The summed E-state index contributed by atoms with van der Waals surface area (Å²) >= 11 is 0. The lowest BCUT2D eigenvalue weighted by atomic mass is 9.79. The molecule has 2 atom stereocenters. The molecule has 0 bridgehead atoms. The number of ether oxygens (including phenoxy) is 3. The Morgan fingerprint density at radius 1 is 0.645 bits per heavy atom. The van der Waals surface area contributed by atoms with Gasteiger partial charge in [-0.1, -0.05) is 52.0 Å². The summed E-state index contributed by atoms with van der Waals surface area (Å²) in [5.74, 6) is 1.94. The highest BCUT2D eigenvalue weighted by Gasteiger charge is 2.30. The van der Waals surface area contributed by atoms with Crippen LogP contribution in [-0.2, 0) is 15.6 Å². The number of hydrogen-bond donors (Lipinski definition) is 0. The second-order valence-electron chi connectivity index (χ2n) is 9.15. The van der Waals surface area contributed by atoms with Crippen molar-refractivity contribution < 1.29 is 14.2 Å². The lowest BCUT2D eigenvalue weighted by Crippen LogP contribution is -2.33. The van der Waals surface area contributed by atoms with Gasteiger partial charge in [0, 0.05) is 10.8 Å². The van der Waals surface area contributed by atoms with Gasteiger partial charge in [0.05, 0.1) is 26.4 Å². The molecular weight excluding hydrogens is 384 g/mol. The number of benzene rings is 2. The summed E-state index contributed by atoms with van der Waals surface area (Å²) < 4.78 is 17.9. The molecule has 2 rings (SSSR count). The molecule has 0 saturated heterocycles. The van der Waals surface area contributed by atoms with Gasteiger partial charge >= 0.3 is 0 Å². The molecule has 3 heteroatoms. The molecule has 31 heavy (non-hydrogen) atoms. The van der Waals surface area contributed by atoms with Crippen LogP contribution in [0.1, 0.15) is 76.6 Å². The molecule has 0 fully saturated rings. The van der Waals surface area contributed by atoms with E-state index >= 15 is 0 Å².